The molecule has 0 saturated heterocycles. The molecule has 2 N–H and O–H groups in total. The Labute approximate surface area is 242 Å². The molecular formula is C36H28N4O2. The van der Waals surface area contributed by atoms with Crippen LogP contribution in [0, 0.1) is 0 Å². The second-order valence-corrected chi connectivity index (χ2v) is 10.5. The summed E-state index contributed by atoms with van der Waals surface area (Å²) in [6.45, 7) is 0.682. The van der Waals surface area contributed by atoms with Crippen LogP contribution >= 0.6 is 0 Å². The van der Waals surface area contributed by atoms with Crippen LogP contribution in [-0.2, 0) is 6.54 Å². The molecule has 0 aliphatic heterocycles. The van der Waals surface area contributed by atoms with Gasteiger partial charge in [-0.25, -0.2) is 24.4 Å². The van der Waals surface area contributed by atoms with Crippen molar-refractivity contribution in [1.82, 2.24) is 14.8 Å². The molecule has 0 radical (unpaired) electrons. The summed E-state index contributed by atoms with van der Waals surface area (Å²) in [4.78, 5) is 26.2. The Kier molecular flexibility index (Phi) is 6.28. The second-order valence-electron chi connectivity index (χ2n) is 10.5. The van der Waals surface area contributed by atoms with Gasteiger partial charge in [-0.05, 0) is 79.7 Å². The number of hydrogen-bond donors (Lipinski definition) is 2. The van der Waals surface area contributed by atoms with Crippen molar-refractivity contribution in [2.75, 3.05) is 11.9 Å². The molecule has 42 heavy (non-hydrogen) atoms. The van der Waals surface area contributed by atoms with Gasteiger partial charge in [0.2, 0.25) is 0 Å². The number of aromatic amines is 2. The first-order valence-electron chi connectivity index (χ1n) is 13.9. The van der Waals surface area contributed by atoms with Crippen LogP contribution < -0.4 is 16.3 Å². The van der Waals surface area contributed by atoms with Gasteiger partial charge in [-0.1, -0.05) is 97.1 Å². The summed E-state index contributed by atoms with van der Waals surface area (Å²) in [5.74, 6) is 0. The Morgan fingerprint density at radius 2 is 1.07 bits per heavy atom. The standard InChI is InChI=1S/C36H28N4O2/c1-39(27-17-19-28(20-18-27)40-35(41)37-38-36(40)42)23-24-16-21-31-32(22-24)34(26-12-6-3-7-13-26)30-15-9-8-14-29(30)33(31)25-10-4-2-5-11-25/h2-22H,23H2,1H3,(H,37,41)(H,38,42). The summed E-state index contributed by atoms with van der Waals surface area (Å²) in [7, 11) is 2.04. The summed E-state index contributed by atoms with van der Waals surface area (Å²) >= 11 is 0. The molecule has 6 aromatic carbocycles. The molecule has 0 saturated carbocycles. The lowest BCUT2D eigenvalue weighted by atomic mass is 9.85. The minimum atomic E-state index is -0.492. The van der Waals surface area contributed by atoms with Crippen LogP contribution in [0.25, 0.3) is 49.5 Å². The van der Waals surface area contributed by atoms with E-state index in [9.17, 15) is 9.59 Å². The zero-order chi connectivity index (χ0) is 28.6. The minimum absolute atomic E-state index is 0.492. The minimum Gasteiger partial charge on any atom is -0.370 e. The third-order valence-electron chi connectivity index (χ3n) is 7.86. The molecule has 0 amide bonds. The molecule has 0 aliphatic carbocycles. The van der Waals surface area contributed by atoms with E-state index in [0.717, 1.165) is 10.3 Å². The molecule has 7 rings (SSSR count). The maximum atomic E-state index is 12.0. The van der Waals surface area contributed by atoms with Crippen molar-refractivity contribution < 1.29 is 0 Å². The van der Waals surface area contributed by atoms with E-state index in [2.05, 4.69) is 118 Å². The van der Waals surface area contributed by atoms with Gasteiger partial charge in [0.15, 0.2) is 0 Å². The molecule has 1 heterocycles. The lowest BCUT2D eigenvalue weighted by Gasteiger charge is -2.22. The van der Waals surface area contributed by atoms with Crippen molar-refractivity contribution in [3.8, 4) is 27.9 Å². The van der Waals surface area contributed by atoms with Gasteiger partial charge in [-0.3, -0.25) is 0 Å². The van der Waals surface area contributed by atoms with Gasteiger partial charge in [0.05, 0.1) is 5.69 Å². The molecule has 0 aliphatic rings. The highest BCUT2D eigenvalue weighted by atomic mass is 16.2. The van der Waals surface area contributed by atoms with Crippen molar-refractivity contribution in [3.05, 3.63) is 154 Å². The third-order valence-corrected chi connectivity index (χ3v) is 7.86. The average molecular weight is 549 g/mol. The summed E-state index contributed by atoms with van der Waals surface area (Å²) in [6, 6.07) is 44.1. The van der Waals surface area contributed by atoms with Crippen LogP contribution in [0.3, 0.4) is 0 Å². The lowest BCUT2D eigenvalue weighted by Crippen LogP contribution is -2.24. The SMILES string of the molecule is CN(Cc1ccc2c(-c3ccccc3)c3ccccc3c(-c3ccccc3)c2c1)c1ccc(-n2c(=O)[nH][nH]c2=O)cc1. The van der Waals surface area contributed by atoms with E-state index in [1.807, 2.05) is 19.2 Å². The predicted molar refractivity (Wildman–Crippen MR) is 171 cm³/mol. The maximum absolute atomic E-state index is 12.0. The smallest absolute Gasteiger partial charge is 0.348 e. The Hall–Kier alpha value is -5.62. The fraction of sp³-hybridized carbons (Fsp3) is 0.0556. The van der Waals surface area contributed by atoms with Crippen molar-refractivity contribution in [1.29, 1.82) is 0 Å². The Morgan fingerprint density at radius 3 is 1.64 bits per heavy atom. The van der Waals surface area contributed by atoms with Gasteiger partial charge < -0.3 is 4.90 Å². The van der Waals surface area contributed by atoms with Crippen LogP contribution in [0.15, 0.2) is 137 Å². The summed E-state index contributed by atoms with van der Waals surface area (Å²) in [6.07, 6.45) is 0. The zero-order valence-electron chi connectivity index (χ0n) is 23.0. The Morgan fingerprint density at radius 1 is 0.571 bits per heavy atom. The number of benzene rings is 6. The molecular weight excluding hydrogens is 520 g/mol. The van der Waals surface area contributed by atoms with E-state index in [1.165, 1.54) is 49.4 Å². The van der Waals surface area contributed by atoms with Gasteiger partial charge >= 0.3 is 11.4 Å². The normalized spacial score (nSPS) is 11.3. The maximum Gasteiger partial charge on any atom is 0.348 e. The first-order valence-corrected chi connectivity index (χ1v) is 13.9. The first-order chi connectivity index (χ1) is 20.6. The van der Waals surface area contributed by atoms with E-state index in [-0.39, 0.29) is 0 Å². The van der Waals surface area contributed by atoms with Crippen LogP contribution in [-0.4, -0.2) is 21.8 Å². The second kappa shape index (κ2) is 10.4. The van der Waals surface area contributed by atoms with Gasteiger partial charge in [0.1, 0.15) is 0 Å². The van der Waals surface area contributed by atoms with E-state index in [4.69, 9.17) is 0 Å². The molecule has 0 atom stereocenters. The van der Waals surface area contributed by atoms with Crippen LogP contribution in [0.2, 0.25) is 0 Å². The highest BCUT2D eigenvalue weighted by molar-refractivity contribution is 6.21. The highest BCUT2D eigenvalue weighted by Crippen LogP contribution is 2.43. The summed E-state index contributed by atoms with van der Waals surface area (Å²) < 4.78 is 1.08. The molecule has 0 spiro atoms. The number of nitrogens with one attached hydrogen (secondary N) is 2. The van der Waals surface area contributed by atoms with Crippen molar-refractivity contribution in [3.63, 3.8) is 0 Å². The van der Waals surface area contributed by atoms with Crippen molar-refractivity contribution in [2.45, 2.75) is 6.54 Å². The number of fused-ring (bicyclic) bond motifs is 2. The monoisotopic (exact) mass is 548 g/mol. The molecule has 204 valence electrons. The van der Waals surface area contributed by atoms with E-state index in [1.54, 1.807) is 12.1 Å². The van der Waals surface area contributed by atoms with Crippen molar-refractivity contribution in [2.24, 2.45) is 0 Å². The van der Waals surface area contributed by atoms with Crippen molar-refractivity contribution >= 4 is 27.2 Å². The quantitative estimate of drug-likeness (QED) is 0.217. The summed E-state index contributed by atoms with van der Waals surface area (Å²) in [5, 5.41) is 9.54. The Bertz CT molecular complexity index is 2130. The van der Waals surface area contributed by atoms with Crippen LogP contribution in [0.5, 0.6) is 0 Å². The molecule has 1 aromatic heterocycles. The van der Waals surface area contributed by atoms with Crippen LogP contribution in [0.1, 0.15) is 5.56 Å². The molecule has 0 unspecified atom stereocenters. The average Bonchev–Trinajstić information content (AvgIpc) is 3.37. The van der Waals surface area contributed by atoms with E-state index >= 15 is 0 Å². The largest absolute Gasteiger partial charge is 0.370 e. The number of rotatable bonds is 6. The number of hydrogen-bond acceptors (Lipinski definition) is 3. The highest BCUT2D eigenvalue weighted by Gasteiger charge is 2.17. The summed E-state index contributed by atoms with van der Waals surface area (Å²) in [5.41, 5.74) is 6.55. The molecule has 0 fully saturated rings. The Balaban J connectivity index is 1.35. The van der Waals surface area contributed by atoms with Gasteiger partial charge in [-0.15, -0.1) is 0 Å². The predicted octanol–water partition coefficient (Wildman–Crippen LogP) is 7.13. The molecule has 6 nitrogen and oxygen atoms in total. The van der Waals surface area contributed by atoms with Gasteiger partial charge in [-0.2, -0.15) is 0 Å². The topological polar surface area (TPSA) is 73.9 Å². The molecule has 0 bridgehead atoms. The number of H-pyrrole nitrogens is 2. The van der Waals surface area contributed by atoms with E-state index in [0.29, 0.717) is 12.2 Å². The fourth-order valence-electron chi connectivity index (χ4n) is 5.92. The lowest BCUT2D eigenvalue weighted by molar-refractivity contribution is 0.918. The third kappa shape index (κ3) is 4.39. The van der Waals surface area contributed by atoms with Gasteiger partial charge in [0, 0.05) is 19.3 Å². The van der Waals surface area contributed by atoms with E-state index < -0.39 is 11.4 Å². The number of nitrogens with zero attached hydrogens (tertiary/aromatic N) is 2. The molecule has 6 heteroatoms. The van der Waals surface area contributed by atoms with Gasteiger partial charge in [0.25, 0.3) is 0 Å². The molecule has 7 aromatic rings. The number of anilines is 1. The zero-order valence-corrected chi connectivity index (χ0v) is 23.0. The number of aromatic nitrogens is 3. The fourth-order valence-corrected chi connectivity index (χ4v) is 5.92. The van der Waals surface area contributed by atoms with Crippen LogP contribution in [0.4, 0.5) is 5.69 Å². The first kappa shape index (κ1) is 25.4.